The molecule has 1 aromatic heterocycles. The van der Waals surface area contributed by atoms with Gasteiger partial charge >= 0.3 is 0 Å². The van der Waals surface area contributed by atoms with Gasteiger partial charge in [-0.25, -0.2) is 0 Å². The molecule has 2 nitrogen and oxygen atoms in total. The third-order valence-corrected chi connectivity index (χ3v) is 2.69. The highest BCUT2D eigenvalue weighted by Gasteiger charge is 2.33. The molecule has 1 aromatic rings. The largest absolute Gasteiger partial charge is 0.299 e. The van der Waals surface area contributed by atoms with Gasteiger partial charge in [0.15, 0.2) is 0 Å². The second-order valence-corrected chi connectivity index (χ2v) is 6.00. The van der Waals surface area contributed by atoms with E-state index in [-0.39, 0.29) is 11.2 Å². The molecule has 0 bridgehead atoms. The Morgan fingerprint density at radius 2 is 1.81 bits per heavy atom. The van der Waals surface area contributed by atoms with Crippen LogP contribution < -0.4 is 0 Å². The summed E-state index contributed by atoms with van der Waals surface area (Å²) in [7, 11) is 0. The summed E-state index contributed by atoms with van der Waals surface area (Å²) in [4.78, 5) is 16.5. The van der Waals surface area contributed by atoms with Gasteiger partial charge in [0.1, 0.15) is 5.78 Å². The van der Waals surface area contributed by atoms with Crippen molar-refractivity contribution >= 4 is 5.78 Å². The lowest BCUT2D eigenvalue weighted by Crippen LogP contribution is -2.32. The van der Waals surface area contributed by atoms with Crippen LogP contribution in [0.3, 0.4) is 0 Å². The number of ketones is 1. The number of hydrogen-bond acceptors (Lipinski definition) is 2. The minimum atomic E-state index is -0.492. The average Bonchev–Trinajstić information content (AvgIpc) is 2.16. The highest BCUT2D eigenvalue weighted by Crippen LogP contribution is 2.29. The first kappa shape index (κ1) is 12.9. The number of nitrogens with zero attached hydrogens (tertiary/aromatic N) is 1. The number of Topliss-reactive ketones (excluding diaryl/α,β-unsaturated/α-hetero) is 1. The van der Waals surface area contributed by atoms with Gasteiger partial charge in [-0.1, -0.05) is 26.8 Å². The van der Waals surface area contributed by atoms with E-state index < -0.39 is 5.41 Å². The van der Waals surface area contributed by atoms with Crippen LogP contribution in [0.15, 0.2) is 24.4 Å². The number of carbonyl (C=O) groups is 1. The van der Waals surface area contributed by atoms with Crippen LogP contribution in [0, 0.1) is 5.41 Å². The summed E-state index contributed by atoms with van der Waals surface area (Å²) in [6, 6.07) is 5.71. The maximum atomic E-state index is 12.2. The maximum absolute atomic E-state index is 12.2. The predicted molar refractivity (Wildman–Crippen MR) is 66.3 cm³/mol. The van der Waals surface area contributed by atoms with Crippen LogP contribution in [0.5, 0.6) is 0 Å². The molecule has 1 rings (SSSR count). The zero-order chi connectivity index (χ0) is 12.4. The molecule has 0 spiro atoms. The smallest absolute Gasteiger partial charge is 0.144 e. The molecular formula is C14H21NO. The Morgan fingerprint density at radius 1 is 1.19 bits per heavy atom. The van der Waals surface area contributed by atoms with Crippen molar-refractivity contribution in [2.75, 3.05) is 0 Å². The molecule has 2 heteroatoms. The summed E-state index contributed by atoms with van der Waals surface area (Å²) in [5, 5.41) is 0. The van der Waals surface area contributed by atoms with Crippen molar-refractivity contribution in [3.8, 4) is 0 Å². The first-order chi connectivity index (χ1) is 7.23. The fourth-order valence-electron chi connectivity index (χ4n) is 1.58. The lowest BCUT2D eigenvalue weighted by atomic mass is 9.77. The van der Waals surface area contributed by atoms with Gasteiger partial charge < -0.3 is 0 Å². The molecule has 0 unspecified atom stereocenters. The zero-order valence-corrected chi connectivity index (χ0v) is 10.9. The summed E-state index contributed by atoms with van der Waals surface area (Å²) < 4.78 is 0. The molecule has 1 heterocycles. The fraction of sp³-hybridized carbons (Fsp3) is 0.571. The van der Waals surface area contributed by atoms with E-state index in [0.717, 1.165) is 5.69 Å². The van der Waals surface area contributed by atoms with Gasteiger partial charge in [-0.05, 0) is 31.4 Å². The standard InChI is InChI=1S/C14H21NO/c1-13(2,3)10-12(16)14(4,5)11-8-6-7-9-15-11/h6-9H,10H2,1-5H3. The summed E-state index contributed by atoms with van der Waals surface area (Å²) >= 11 is 0. The van der Waals surface area contributed by atoms with Gasteiger partial charge in [0.05, 0.1) is 11.1 Å². The highest BCUT2D eigenvalue weighted by atomic mass is 16.1. The molecule has 0 aromatic carbocycles. The quantitative estimate of drug-likeness (QED) is 0.780. The molecule has 0 aliphatic carbocycles. The Labute approximate surface area is 98.1 Å². The van der Waals surface area contributed by atoms with Gasteiger partial charge in [-0.3, -0.25) is 9.78 Å². The van der Waals surface area contributed by atoms with Gasteiger partial charge in [0, 0.05) is 12.6 Å². The van der Waals surface area contributed by atoms with Gasteiger partial charge in [-0.2, -0.15) is 0 Å². The van der Waals surface area contributed by atoms with Crippen LogP contribution in [-0.4, -0.2) is 10.8 Å². The van der Waals surface area contributed by atoms with Gasteiger partial charge in [0.25, 0.3) is 0 Å². The van der Waals surface area contributed by atoms with Crippen LogP contribution in [0.2, 0.25) is 0 Å². The van der Waals surface area contributed by atoms with E-state index >= 15 is 0 Å². The topological polar surface area (TPSA) is 30.0 Å². The first-order valence-electron chi connectivity index (χ1n) is 5.68. The van der Waals surface area contributed by atoms with Crippen LogP contribution in [0.25, 0.3) is 0 Å². The molecule has 0 atom stereocenters. The van der Waals surface area contributed by atoms with Crippen molar-refractivity contribution in [2.24, 2.45) is 5.41 Å². The van der Waals surface area contributed by atoms with Crippen LogP contribution in [0.4, 0.5) is 0 Å². The maximum Gasteiger partial charge on any atom is 0.144 e. The summed E-state index contributed by atoms with van der Waals surface area (Å²) in [6.45, 7) is 10.1. The molecule has 0 fully saturated rings. The lowest BCUT2D eigenvalue weighted by molar-refractivity contribution is -0.125. The number of pyridine rings is 1. The SMILES string of the molecule is CC(C)(C)CC(=O)C(C)(C)c1ccccn1. The Bertz CT molecular complexity index is 360. The highest BCUT2D eigenvalue weighted by molar-refractivity contribution is 5.89. The van der Waals surface area contributed by atoms with Gasteiger partial charge in [-0.15, -0.1) is 0 Å². The lowest BCUT2D eigenvalue weighted by Gasteiger charge is -2.27. The average molecular weight is 219 g/mol. The first-order valence-corrected chi connectivity index (χ1v) is 5.68. The summed E-state index contributed by atoms with van der Waals surface area (Å²) in [6.07, 6.45) is 2.32. The third-order valence-electron chi connectivity index (χ3n) is 2.69. The molecule has 16 heavy (non-hydrogen) atoms. The third kappa shape index (κ3) is 3.16. The fourth-order valence-corrected chi connectivity index (χ4v) is 1.58. The van der Waals surface area contributed by atoms with Crippen molar-refractivity contribution in [3.63, 3.8) is 0 Å². The molecule has 88 valence electrons. The number of rotatable bonds is 3. The predicted octanol–water partition coefficient (Wildman–Crippen LogP) is 3.36. The summed E-state index contributed by atoms with van der Waals surface area (Å²) in [5.41, 5.74) is 0.391. The van der Waals surface area contributed by atoms with E-state index in [4.69, 9.17) is 0 Å². The molecule has 0 radical (unpaired) electrons. The zero-order valence-electron chi connectivity index (χ0n) is 10.9. The Hall–Kier alpha value is -1.18. The number of carbonyl (C=O) groups excluding carboxylic acids is 1. The second-order valence-electron chi connectivity index (χ2n) is 6.00. The molecule has 0 aliphatic rings. The monoisotopic (exact) mass is 219 g/mol. The molecule has 0 N–H and O–H groups in total. The molecule has 0 amide bonds. The van der Waals surface area contributed by atoms with E-state index in [9.17, 15) is 4.79 Å². The van der Waals surface area contributed by atoms with Crippen molar-refractivity contribution < 1.29 is 4.79 Å². The summed E-state index contributed by atoms with van der Waals surface area (Å²) in [5.74, 6) is 0.249. The van der Waals surface area contributed by atoms with E-state index in [1.165, 1.54) is 0 Å². The minimum absolute atomic E-state index is 0.0309. The Kier molecular flexibility index (Phi) is 3.51. The van der Waals surface area contributed by atoms with Crippen LogP contribution >= 0.6 is 0 Å². The van der Waals surface area contributed by atoms with Crippen LogP contribution in [0.1, 0.15) is 46.7 Å². The molecule has 0 saturated carbocycles. The second kappa shape index (κ2) is 4.36. The van der Waals surface area contributed by atoms with Crippen molar-refractivity contribution in [1.82, 2.24) is 4.98 Å². The molecule has 0 aliphatic heterocycles. The van der Waals surface area contributed by atoms with Crippen molar-refractivity contribution in [1.29, 1.82) is 0 Å². The van der Waals surface area contributed by atoms with Gasteiger partial charge in [0.2, 0.25) is 0 Å². The molecule has 0 saturated heterocycles. The Morgan fingerprint density at radius 3 is 2.25 bits per heavy atom. The molecular weight excluding hydrogens is 198 g/mol. The Balaban J connectivity index is 2.90. The van der Waals surface area contributed by atoms with Crippen molar-refractivity contribution in [3.05, 3.63) is 30.1 Å². The van der Waals surface area contributed by atoms with Crippen molar-refractivity contribution in [2.45, 2.75) is 46.5 Å². The minimum Gasteiger partial charge on any atom is -0.299 e. The normalized spacial score (nSPS) is 12.6. The number of hydrogen-bond donors (Lipinski definition) is 0. The van der Waals surface area contributed by atoms with E-state index in [0.29, 0.717) is 6.42 Å². The number of aromatic nitrogens is 1. The van der Waals surface area contributed by atoms with E-state index in [2.05, 4.69) is 25.8 Å². The van der Waals surface area contributed by atoms with E-state index in [1.54, 1.807) is 6.20 Å². The van der Waals surface area contributed by atoms with Crippen LogP contribution in [-0.2, 0) is 10.2 Å². The van der Waals surface area contributed by atoms with E-state index in [1.807, 2.05) is 32.0 Å².